The average molecular weight is 440 g/mol. The molecule has 1 aromatic carbocycles. The van der Waals surface area contributed by atoms with Crippen LogP contribution in [0.25, 0.3) is 22.9 Å². The smallest absolute Gasteiger partial charge is 0.305 e. The Morgan fingerprint density at radius 3 is 2.44 bits per heavy atom. The lowest BCUT2D eigenvalue weighted by Crippen LogP contribution is -2.19. The molecule has 0 spiro atoms. The van der Waals surface area contributed by atoms with E-state index in [-0.39, 0.29) is 12.3 Å². The zero-order chi connectivity index (χ0) is 23.4. The highest BCUT2D eigenvalue weighted by molar-refractivity contribution is 5.82. The second kappa shape index (κ2) is 9.84. The van der Waals surface area contributed by atoms with E-state index >= 15 is 0 Å². The summed E-state index contributed by atoms with van der Waals surface area (Å²) in [5.41, 5.74) is 3.78. The normalized spacial score (nSPS) is 13.7. The van der Waals surface area contributed by atoms with E-state index in [4.69, 9.17) is 5.11 Å². The number of aldehydes is 1. The van der Waals surface area contributed by atoms with Gasteiger partial charge < -0.3 is 15.3 Å². The number of aliphatic hydroxyl groups is 2. The van der Waals surface area contributed by atoms with Crippen LogP contribution < -0.4 is 0 Å². The predicted molar refractivity (Wildman–Crippen MR) is 118 cm³/mol. The number of rotatable bonds is 9. The van der Waals surface area contributed by atoms with E-state index in [0.29, 0.717) is 28.8 Å². The average Bonchev–Trinajstić information content (AvgIpc) is 3.13. The van der Waals surface area contributed by atoms with Gasteiger partial charge >= 0.3 is 5.97 Å². The van der Waals surface area contributed by atoms with Crippen molar-refractivity contribution in [2.75, 3.05) is 0 Å². The summed E-state index contributed by atoms with van der Waals surface area (Å²) < 4.78 is 15.1. The molecule has 0 fully saturated rings. The van der Waals surface area contributed by atoms with Gasteiger partial charge in [0.2, 0.25) is 0 Å². The number of nitrogens with zero attached hydrogens (tertiary/aromatic N) is 2. The molecule has 0 radical (unpaired) electrons. The van der Waals surface area contributed by atoms with Gasteiger partial charge in [-0.2, -0.15) is 5.10 Å². The van der Waals surface area contributed by atoms with E-state index in [0.717, 1.165) is 11.1 Å². The van der Waals surface area contributed by atoms with E-state index in [9.17, 15) is 24.2 Å². The van der Waals surface area contributed by atoms with Gasteiger partial charge in [0, 0.05) is 17.5 Å². The zero-order valence-electron chi connectivity index (χ0n) is 17.8. The highest BCUT2D eigenvalue weighted by Crippen LogP contribution is 2.34. The van der Waals surface area contributed by atoms with Crippen molar-refractivity contribution in [3.8, 4) is 11.3 Å². The number of carbonyl (C=O) groups is 2. The highest BCUT2D eigenvalue weighted by atomic mass is 19.1. The van der Waals surface area contributed by atoms with Gasteiger partial charge in [-0.25, -0.2) is 8.91 Å². The van der Waals surface area contributed by atoms with Crippen molar-refractivity contribution in [2.24, 2.45) is 0 Å². The van der Waals surface area contributed by atoms with Gasteiger partial charge in [0.05, 0.1) is 29.8 Å². The quantitative estimate of drug-likeness (QED) is 0.438. The van der Waals surface area contributed by atoms with Crippen LogP contribution in [-0.4, -0.2) is 49.4 Å². The Morgan fingerprint density at radius 2 is 1.84 bits per heavy atom. The molecular formula is C24H25FN2O5. The van der Waals surface area contributed by atoms with Gasteiger partial charge in [0.15, 0.2) is 6.29 Å². The van der Waals surface area contributed by atoms with Crippen LogP contribution in [0.4, 0.5) is 4.39 Å². The monoisotopic (exact) mass is 440 g/mol. The lowest BCUT2D eigenvalue weighted by atomic mass is 9.93. The van der Waals surface area contributed by atoms with E-state index in [2.05, 4.69) is 5.10 Å². The molecule has 0 aliphatic carbocycles. The summed E-state index contributed by atoms with van der Waals surface area (Å²) in [6, 6.07) is 9.27. The second-order valence-corrected chi connectivity index (χ2v) is 7.92. The molecular weight excluding hydrogens is 415 g/mol. The molecule has 168 valence electrons. The van der Waals surface area contributed by atoms with Crippen molar-refractivity contribution in [3.63, 3.8) is 0 Å². The minimum absolute atomic E-state index is 0.0171. The molecule has 0 aliphatic rings. The summed E-state index contributed by atoms with van der Waals surface area (Å²) in [6.07, 6.45) is 0.987. The first kappa shape index (κ1) is 23.3. The van der Waals surface area contributed by atoms with Crippen LogP contribution >= 0.6 is 0 Å². The fourth-order valence-electron chi connectivity index (χ4n) is 3.71. The van der Waals surface area contributed by atoms with Crippen molar-refractivity contribution >= 4 is 23.8 Å². The van der Waals surface area contributed by atoms with E-state index in [1.165, 1.54) is 18.2 Å². The molecule has 0 bridgehead atoms. The number of aliphatic carboxylic acids is 1. The Bertz CT molecular complexity index is 1150. The summed E-state index contributed by atoms with van der Waals surface area (Å²) in [6.45, 7) is 3.98. The van der Waals surface area contributed by atoms with Gasteiger partial charge in [-0.3, -0.25) is 9.59 Å². The maximum atomic E-state index is 13.5. The third kappa shape index (κ3) is 5.09. The van der Waals surface area contributed by atoms with Crippen LogP contribution in [0.1, 0.15) is 54.2 Å². The number of hydrogen-bond acceptors (Lipinski definition) is 5. The minimum Gasteiger partial charge on any atom is -0.481 e. The molecule has 7 nitrogen and oxygen atoms in total. The maximum Gasteiger partial charge on any atom is 0.305 e. The summed E-state index contributed by atoms with van der Waals surface area (Å²) in [5, 5.41) is 33.5. The van der Waals surface area contributed by atoms with E-state index in [1.807, 2.05) is 13.8 Å². The summed E-state index contributed by atoms with van der Waals surface area (Å²) in [7, 11) is 0. The number of carboxylic acid groups (broad SMARTS) is 1. The van der Waals surface area contributed by atoms with Gasteiger partial charge in [0.25, 0.3) is 0 Å². The molecule has 0 saturated carbocycles. The molecule has 3 rings (SSSR count). The van der Waals surface area contributed by atoms with Crippen molar-refractivity contribution in [1.29, 1.82) is 0 Å². The summed E-state index contributed by atoms with van der Waals surface area (Å²) >= 11 is 0. The molecule has 0 saturated heterocycles. The molecule has 2 heterocycles. The van der Waals surface area contributed by atoms with Crippen LogP contribution in [0.2, 0.25) is 0 Å². The highest BCUT2D eigenvalue weighted by Gasteiger charge is 2.20. The van der Waals surface area contributed by atoms with Gasteiger partial charge in [-0.05, 0) is 47.9 Å². The van der Waals surface area contributed by atoms with Gasteiger partial charge in [0.1, 0.15) is 11.5 Å². The summed E-state index contributed by atoms with van der Waals surface area (Å²) in [5.74, 6) is -1.53. The fourth-order valence-corrected chi connectivity index (χ4v) is 3.71. The molecule has 2 unspecified atom stereocenters. The molecule has 2 aromatic heterocycles. The molecule has 0 aliphatic heterocycles. The van der Waals surface area contributed by atoms with Crippen molar-refractivity contribution in [3.05, 3.63) is 65.1 Å². The number of hydrogen-bond donors (Lipinski definition) is 3. The maximum absolute atomic E-state index is 13.5. The van der Waals surface area contributed by atoms with Crippen molar-refractivity contribution in [2.45, 2.75) is 44.8 Å². The third-order valence-electron chi connectivity index (χ3n) is 5.13. The van der Waals surface area contributed by atoms with Crippen LogP contribution in [0.15, 0.2) is 42.5 Å². The molecule has 3 aromatic rings. The molecule has 8 heteroatoms. The third-order valence-corrected chi connectivity index (χ3v) is 5.13. The van der Waals surface area contributed by atoms with Crippen LogP contribution in [0, 0.1) is 5.82 Å². The molecule has 32 heavy (non-hydrogen) atoms. The van der Waals surface area contributed by atoms with Crippen LogP contribution in [0.5, 0.6) is 0 Å². The first-order valence-corrected chi connectivity index (χ1v) is 10.2. The predicted octanol–water partition coefficient (Wildman–Crippen LogP) is 3.68. The number of halogens is 1. The van der Waals surface area contributed by atoms with Crippen LogP contribution in [0.3, 0.4) is 0 Å². The number of carboxylic acids is 1. The van der Waals surface area contributed by atoms with Crippen LogP contribution in [-0.2, 0) is 4.79 Å². The number of aromatic nitrogens is 2. The van der Waals surface area contributed by atoms with Crippen molar-refractivity contribution < 1.29 is 29.3 Å². The zero-order valence-corrected chi connectivity index (χ0v) is 17.8. The number of carbonyl (C=O) groups excluding carboxylic acids is 1. The lowest BCUT2D eigenvalue weighted by molar-refractivity contribution is -0.139. The Kier molecular flexibility index (Phi) is 7.17. The van der Waals surface area contributed by atoms with Gasteiger partial charge in [-0.15, -0.1) is 0 Å². The standard InChI is InChI=1S/C24H25FN2O5/c1-14(2)23-20(9-8-18(29)11-19(30)12-22(31)32)24(15-3-5-16(25)6-4-15)26-27-17(13-28)7-10-21(23)27/h3-10,13-14,18-19,29-30H,11-12H2,1-2H3,(H,31,32)/b9-8+. The van der Waals surface area contributed by atoms with Crippen molar-refractivity contribution in [1.82, 2.24) is 9.61 Å². The Morgan fingerprint density at radius 1 is 1.16 bits per heavy atom. The topological polar surface area (TPSA) is 112 Å². The first-order chi connectivity index (χ1) is 15.2. The Labute approximate surface area is 184 Å². The molecule has 0 amide bonds. The minimum atomic E-state index is -1.19. The SMILES string of the molecule is CC(C)c1c(/C=C/C(O)CC(O)CC(=O)O)c(-c2ccc(F)cc2)nn2c(C=O)ccc12. The Hall–Kier alpha value is -3.36. The summed E-state index contributed by atoms with van der Waals surface area (Å²) in [4.78, 5) is 22.3. The fraction of sp³-hybridized carbons (Fsp3) is 0.292. The number of aliphatic hydroxyl groups excluding tert-OH is 2. The largest absolute Gasteiger partial charge is 0.481 e. The lowest BCUT2D eigenvalue weighted by Gasteiger charge is -2.18. The second-order valence-electron chi connectivity index (χ2n) is 7.92. The Balaban J connectivity index is 2.14. The number of benzene rings is 1. The van der Waals surface area contributed by atoms with E-state index in [1.54, 1.807) is 34.9 Å². The van der Waals surface area contributed by atoms with Gasteiger partial charge in [-0.1, -0.05) is 26.0 Å². The number of fused-ring (bicyclic) bond motifs is 1. The first-order valence-electron chi connectivity index (χ1n) is 10.2. The molecule has 2 atom stereocenters. The van der Waals surface area contributed by atoms with E-state index < -0.39 is 30.4 Å². The molecule has 3 N–H and O–H groups in total.